The Bertz CT molecular complexity index is 1200. The van der Waals surface area contributed by atoms with E-state index in [1.54, 1.807) is 0 Å². The van der Waals surface area contributed by atoms with Gasteiger partial charge in [0, 0.05) is 6.42 Å². The molecule has 0 bridgehead atoms. The molecule has 16 heteroatoms. The molecule has 3 heterocycles. The van der Waals surface area contributed by atoms with Crippen molar-refractivity contribution in [3.8, 4) is 0 Å². The number of esters is 1. The van der Waals surface area contributed by atoms with Crippen LogP contribution in [0.4, 0.5) is 5.82 Å². The highest BCUT2D eigenvalue weighted by Gasteiger charge is 2.45. The van der Waals surface area contributed by atoms with Crippen LogP contribution in [-0.4, -0.2) is 89.9 Å². The fourth-order valence-electron chi connectivity index (χ4n) is 5.13. The first-order valence-electron chi connectivity index (χ1n) is 16.0. The Morgan fingerprint density at radius 3 is 2.22 bits per heavy atom. The molecule has 1 aliphatic heterocycles. The van der Waals surface area contributed by atoms with Crippen LogP contribution in [-0.2, 0) is 27.9 Å². The SMILES string of the molecule is CCCCCCCCCCCCCCCC(=O)OC[C@@H](O)COP(=O)(O)OC[C@H]1O[C@@H](n2cnc3c(N)ncnc32)[C@H](O)[C@@H]1O. The van der Waals surface area contributed by atoms with Gasteiger partial charge in [0.25, 0.3) is 0 Å². The van der Waals surface area contributed by atoms with Crippen molar-refractivity contribution >= 4 is 30.8 Å². The molecule has 1 unspecified atom stereocenters. The molecule has 6 atom stereocenters. The number of carbonyl (C=O) groups is 1. The number of rotatable bonds is 23. The normalized spacial score (nSPS) is 22.1. The highest BCUT2D eigenvalue weighted by molar-refractivity contribution is 7.47. The lowest BCUT2D eigenvalue weighted by Crippen LogP contribution is -2.33. The summed E-state index contributed by atoms with van der Waals surface area (Å²) >= 11 is 0. The summed E-state index contributed by atoms with van der Waals surface area (Å²) in [5.74, 6) is -0.336. The summed E-state index contributed by atoms with van der Waals surface area (Å²) in [5.41, 5.74) is 6.32. The van der Waals surface area contributed by atoms with Crippen molar-refractivity contribution < 1.29 is 48.1 Å². The van der Waals surface area contributed by atoms with Crippen molar-refractivity contribution in [1.29, 1.82) is 0 Å². The lowest BCUT2D eigenvalue weighted by molar-refractivity contribution is -0.147. The Hall–Kier alpha value is -2.23. The Labute approximate surface area is 264 Å². The summed E-state index contributed by atoms with van der Waals surface area (Å²) in [6, 6.07) is 0. The smallest absolute Gasteiger partial charge is 0.463 e. The molecule has 0 spiro atoms. The van der Waals surface area contributed by atoms with Crippen LogP contribution >= 0.6 is 7.82 Å². The van der Waals surface area contributed by atoms with E-state index in [4.69, 9.17) is 24.3 Å². The molecular formula is C29H50N5O10P. The number of aliphatic hydroxyl groups excluding tert-OH is 3. The van der Waals surface area contributed by atoms with Crippen LogP contribution in [0.25, 0.3) is 11.2 Å². The predicted octanol–water partition coefficient (Wildman–Crippen LogP) is 3.55. The lowest BCUT2D eigenvalue weighted by Gasteiger charge is -2.18. The van der Waals surface area contributed by atoms with Gasteiger partial charge in [-0.05, 0) is 6.42 Å². The van der Waals surface area contributed by atoms with Crippen LogP contribution in [0.1, 0.15) is 103 Å². The largest absolute Gasteiger partial charge is 0.472 e. The molecule has 45 heavy (non-hydrogen) atoms. The topological polar surface area (TPSA) is 222 Å². The number of hydrogen-bond acceptors (Lipinski definition) is 13. The zero-order chi connectivity index (χ0) is 32.7. The molecule has 0 aliphatic carbocycles. The number of anilines is 1. The number of ether oxygens (including phenoxy) is 2. The monoisotopic (exact) mass is 659 g/mol. The van der Waals surface area contributed by atoms with Crippen LogP contribution in [0.5, 0.6) is 0 Å². The van der Waals surface area contributed by atoms with E-state index in [0.717, 1.165) is 19.3 Å². The molecule has 256 valence electrons. The average molecular weight is 660 g/mol. The van der Waals surface area contributed by atoms with Crippen LogP contribution in [0.3, 0.4) is 0 Å². The number of hydrogen-bond donors (Lipinski definition) is 5. The first-order chi connectivity index (χ1) is 21.6. The maximum atomic E-state index is 12.3. The van der Waals surface area contributed by atoms with Crippen molar-refractivity contribution in [2.24, 2.45) is 0 Å². The standard InChI is InChI=1S/C29H50N5O10P/c1-2-3-4-5-6-7-8-9-10-11-12-13-14-15-23(36)41-16-21(35)17-42-45(39,40)43-18-22-25(37)26(38)29(44-22)34-20-33-24-27(30)31-19-32-28(24)34/h19-22,25-26,29,35,37-38H,2-18H2,1H3,(H,39,40)(H2,30,31,32)/t21-,22-,25-,26-,29-/m1/s1. The van der Waals surface area contributed by atoms with Gasteiger partial charge in [-0.15, -0.1) is 0 Å². The fraction of sp³-hybridized carbons (Fsp3) is 0.793. The first-order valence-corrected chi connectivity index (χ1v) is 17.5. The van der Waals surface area contributed by atoms with Gasteiger partial charge >= 0.3 is 13.8 Å². The lowest BCUT2D eigenvalue weighted by atomic mass is 10.0. The van der Waals surface area contributed by atoms with Gasteiger partial charge in [-0.1, -0.05) is 84.0 Å². The van der Waals surface area contributed by atoms with E-state index < -0.39 is 64.3 Å². The number of nitrogens with two attached hydrogens (primary N) is 1. The van der Waals surface area contributed by atoms with E-state index in [1.165, 1.54) is 75.0 Å². The average Bonchev–Trinajstić information content (AvgIpc) is 3.57. The zero-order valence-electron chi connectivity index (χ0n) is 26.1. The van der Waals surface area contributed by atoms with Gasteiger partial charge in [0.2, 0.25) is 0 Å². The Kier molecular flexibility index (Phi) is 16.1. The maximum absolute atomic E-state index is 12.3. The number of phosphoric ester groups is 1. The molecule has 1 fully saturated rings. The number of carbonyl (C=O) groups excluding carboxylic acids is 1. The van der Waals surface area contributed by atoms with Gasteiger partial charge in [0.05, 0.1) is 19.5 Å². The second-order valence-electron chi connectivity index (χ2n) is 11.5. The molecule has 15 nitrogen and oxygen atoms in total. The molecule has 0 saturated carbocycles. The number of nitrogen functional groups attached to an aromatic ring is 1. The quantitative estimate of drug-likeness (QED) is 0.0654. The number of imidazole rings is 1. The van der Waals surface area contributed by atoms with Crippen LogP contribution < -0.4 is 5.73 Å². The van der Waals surface area contributed by atoms with E-state index in [9.17, 15) is 29.6 Å². The minimum absolute atomic E-state index is 0.122. The van der Waals surface area contributed by atoms with E-state index >= 15 is 0 Å². The van der Waals surface area contributed by atoms with Gasteiger partial charge in [0.15, 0.2) is 17.7 Å². The third-order valence-corrected chi connectivity index (χ3v) is 8.70. The third-order valence-electron chi connectivity index (χ3n) is 7.75. The van der Waals surface area contributed by atoms with Crippen molar-refractivity contribution in [2.75, 3.05) is 25.6 Å². The predicted molar refractivity (Wildman–Crippen MR) is 165 cm³/mol. The number of nitrogens with zero attached hydrogens (tertiary/aromatic N) is 4. The number of aromatic nitrogens is 4. The second-order valence-corrected chi connectivity index (χ2v) is 13.0. The zero-order valence-corrected chi connectivity index (χ0v) is 27.0. The maximum Gasteiger partial charge on any atom is 0.472 e. The van der Waals surface area contributed by atoms with Crippen molar-refractivity contribution in [1.82, 2.24) is 19.5 Å². The number of fused-ring (bicyclic) bond motifs is 1. The molecule has 6 N–H and O–H groups in total. The molecule has 1 saturated heterocycles. The summed E-state index contributed by atoms with van der Waals surface area (Å²) < 4.78 is 34.1. The molecule has 1 aliphatic rings. The molecule has 2 aromatic heterocycles. The second kappa shape index (κ2) is 19.4. The summed E-state index contributed by atoms with van der Waals surface area (Å²) in [4.78, 5) is 34.0. The molecule has 0 radical (unpaired) electrons. The summed E-state index contributed by atoms with van der Waals surface area (Å²) in [6.45, 7) is 0.578. The number of aliphatic hydroxyl groups is 3. The van der Waals surface area contributed by atoms with Crippen LogP contribution in [0.2, 0.25) is 0 Å². The molecule has 0 amide bonds. The van der Waals surface area contributed by atoms with Gasteiger partial charge in [-0.2, -0.15) is 0 Å². The Morgan fingerprint density at radius 1 is 0.956 bits per heavy atom. The molecule has 2 aromatic rings. The summed E-state index contributed by atoms with van der Waals surface area (Å²) in [7, 11) is -4.69. The molecule has 3 rings (SSSR count). The van der Waals surface area contributed by atoms with E-state index in [2.05, 4.69) is 21.9 Å². The fourth-order valence-corrected chi connectivity index (χ4v) is 5.90. The van der Waals surface area contributed by atoms with Crippen molar-refractivity contribution in [2.45, 2.75) is 127 Å². The molecule has 0 aromatic carbocycles. The van der Waals surface area contributed by atoms with E-state index in [0.29, 0.717) is 6.42 Å². The minimum Gasteiger partial charge on any atom is -0.463 e. The van der Waals surface area contributed by atoms with Crippen molar-refractivity contribution in [3.63, 3.8) is 0 Å². The Morgan fingerprint density at radius 2 is 1.58 bits per heavy atom. The number of phosphoric acid groups is 1. The van der Waals surface area contributed by atoms with Crippen LogP contribution in [0.15, 0.2) is 12.7 Å². The highest BCUT2D eigenvalue weighted by atomic mass is 31.2. The van der Waals surface area contributed by atoms with E-state index in [1.807, 2.05) is 0 Å². The summed E-state index contributed by atoms with van der Waals surface area (Å²) in [5, 5.41) is 30.9. The summed E-state index contributed by atoms with van der Waals surface area (Å²) in [6.07, 6.45) is 11.7. The van der Waals surface area contributed by atoms with E-state index in [-0.39, 0.29) is 23.4 Å². The highest BCUT2D eigenvalue weighted by Crippen LogP contribution is 2.44. The number of unbranched alkanes of at least 4 members (excludes halogenated alkanes) is 12. The minimum atomic E-state index is -4.69. The van der Waals surface area contributed by atoms with Crippen LogP contribution in [0, 0.1) is 0 Å². The first kappa shape index (κ1) is 37.2. The van der Waals surface area contributed by atoms with Gasteiger partial charge in [-0.25, -0.2) is 19.5 Å². The van der Waals surface area contributed by atoms with Gasteiger partial charge in [-0.3, -0.25) is 18.4 Å². The molecular weight excluding hydrogens is 609 g/mol. The van der Waals surface area contributed by atoms with Gasteiger partial charge < -0.3 is 35.4 Å². The Balaban J connectivity index is 1.24. The third kappa shape index (κ3) is 12.5. The van der Waals surface area contributed by atoms with Gasteiger partial charge in [0.1, 0.15) is 42.9 Å². The van der Waals surface area contributed by atoms with Crippen molar-refractivity contribution in [3.05, 3.63) is 12.7 Å².